The molecule has 0 atom stereocenters. The van der Waals surface area contributed by atoms with Crippen molar-refractivity contribution in [2.75, 3.05) is 19.0 Å². The predicted molar refractivity (Wildman–Crippen MR) is 46.4 cm³/mol. The van der Waals surface area contributed by atoms with Crippen molar-refractivity contribution >= 4 is 11.8 Å². The molecule has 0 aromatic carbocycles. The molecular weight excluding hydrogens is 144 g/mol. The summed E-state index contributed by atoms with van der Waals surface area (Å²) in [5, 5.41) is 6.71. The lowest BCUT2D eigenvalue weighted by Gasteiger charge is -2.28. The van der Waals surface area contributed by atoms with Gasteiger partial charge in [0.15, 0.2) is 0 Å². The molecule has 2 nitrogen and oxygen atoms in total. The number of rotatable bonds is 3. The molecule has 1 aliphatic rings. The molecule has 0 N–H and O–H groups in total. The van der Waals surface area contributed by atoms with Crippen molar-refractivity contribution in [3.8, 4) is 0 Å². The van der Waals surface area contributed by atoms with Crippen LogP contribution in [0.4, 0.5) is 0 Å². The zero-order chi connectivity index (χ0) is 7.40. The van der Waals surface area contributed by atoms with E-state index in [1.807, 2.05) is 11.8 Å². The second-order valence-electron chi connectivity index (χ2n) is 2.16. The van der Waals surface area contributed by atoms with Gasteiger partial charge < -0.3 is 5.01 Å². The van der Waals surface area contributed by atoms with Crippen LogP contribution < -0.4 is 0 Å². The first-order valence-electron chi connectivity index (χ1n) is 3.68. The van der Waals surface area contributed by atoms with E-state index in [4.69, 9.17) is 0 Å². The van der Waals surface area contributed by atoms with Crippen LogP contribution in [0.2, 0.25) is 0 Å². The summed E-state index contributed by atoms with van der Waals surface area (Å²) in [7, 11) is 0. The molecule has 1 heterocycles. The molecule has 0 radical (unpaired) electrons. The summed E-state index contributed by atoms with van der Waals surface area (Å²) in [6.07, 6.45) is 2.14. The summed E-state index contributed by atoms with van der Waals surface area (Å²) < 4.78 is 0. The Morgan fingerprint density at radius 1 is 1.50 bits per heavy atom. The molecule has 0 aliphatic carbocycles. The van der Waals surface area contributed by atoms with Crippen molar-refractivity contribution in [1.29, 1.82) is 0 Å². The van der Waals surface area contributed by atoms with Crippen LogP contribution in [0.3, 0.4) is 0 Å². The molecule has 0 saturated heterocycles. The van der Waals surface area contributed by atoms with Gasteiger partial charge in [0, 0.05) is 19.3 Å². The smallest absolute Gasteiger partial charge is 0.0835 e. The molecule has 10 heavy (non-hydrogen) atoms. The highest BCUT2D eigenvalue weighted by molar-refractivity contribution is 8.02. The minimum Gasteiger partial charge on any atom is -0.302 e. The predicted octanol–water partition coefficient (Wildman–Crippen LogP) is 1.72. The van der Waals surface area contributed by atoms with E-state index in [1.165, 1.54) is 0 Å². The molecule has 0 bridgehead atoms. The lowest BCUT2D eigenvalue weighted by molar-refractivity contribution is 0.0558. The average molecular weight is 158 g/mol. The van der Waals surface area contributed by atoms with Gasteiger partial charge in [-0.05, 0) is 5.41 Å². The van der Waals surface area contributed by atoms with Crippen LogP contribution in [0, 0.1) is 0 Å². The molecule has 0 spiro atoms. The Bertz CT molecular complexity index is 121. The van der Waals surface area contributed by atoms with Gasteiger partial charge in [-0.2, -0.15) is 0 Å². The maximum atomic E-state index is 2.32. The molecular formula is C7H14N2S. The van der Waals surface area contributed by atoms with Crippen LogP contribution in [0.15, 0.2) is 11.6 Å². The molecule has 0 aromatic heterocycles. The molecule has 58 valence electrons. The third kappa shape index (κ3) is 1.67. The monoisotopic (exact) mass is 158 g/mol. The summed E-state index contributed by atoms with van der Waals surface area (Å²) >= 11 is 1.84. The first kappa shape index (κ1) is 7.95. The minimum absolute atomic E-state index is 1.08. The van der Waals surface area contributed by atoms with Crippen molar-refractivity contribution in [1.82, 2.24) is 10.0 Å². The first-order valence-corrected chi connectivity index (χ1v) is 4.73. The van der Waals surface area contributed by atoms with Crippen molar-refractivity contribution in [3.05, 3.63) is 11.6 Å². The van der Waals surface area contributed by atoms with E-state index < -0.39 is 0 Å². The van der Waals surface area contributed by atoms with Crippen LogP contribution in [-0.2, 0) is 0 Å². The SMILES string of the molecule is CCN(CC)N1C=CSC1. The van der Waals surface area contributed by atoms with Crippen molar-refractivity contribution in [2.45, 2.75) is 13.8 Å². The number of hydrogen-bond acceptors (Lipinski definition) is 3. The normalized spacial score (nSPS) is 17.3. The molecule has 3 heteroatoms. The fraction of sp³-hybridized carbons (Fsp3) is 0.714. The first-order chi connectivity index (χ1) is 4.88. The van der Waals surface area contributed by atoms with Gasteiger partial charge in [-0.3, -0.25) is 0 Å². The van der Waals surface area contributed by atoms with E-state index in [1.54, 1.807) is 0 Å². The van der Waals surface area contributed by atoms with Crippen LogP contribution >= 0.6 is 11.8 Å². The lowest BCUT2D eigenvalue weighted by atomic mass is 10.6. The number of hydrogen-bond donors (Lipinski definition) is 0. The molecule has 0 unspecified atom stereocenters. The number of thioether (sulfide) groups is 1. The summed E-state index contributed by atoms with van der Waals surface area (Å²) in [6, 6.07) is 0. The van der Waals surface area contributed by atoms with Gasteiger partial charge in [-0.15, -0.1) is 11.8 Å². The zero-order valence-electron chi connectivity index (χ0n) is 6.58. The highest BCUT2D eigenvalue weighted by atomic mass is 32.2. The Kier molecular flexibility index (Phi) is 3.09. The van der Waals surface area contributed by atoms with E-state index in [0.29, 0.717) is 0 Å². The topological polar surface area (TPSA) is 6.48 Å². The van der Waals surface area contributed by atoms with Crippen molar-refractivity contribution in [3.63, 3.8) is 0 Å². The third-order valence-corrected chi connectivity index (χ3v) is 2.36. The van der Waals surface area contributed by atoms with E-state index in [0.717, 1.165) is 19.0 Å². The molecule has 1 rings (SSSR count). The maximum Gasteiger partial charge on any atom is 0.0835 e. The van der Waals surface area contributed by atoms with Gasteiger partial charge in [-0.1, -0.05) is 13.8 Å². The molecule has 0 amide bonds. The molecule has 1 aliphatic heterocycles. The van der Waals surface area contributed by atoms with Crippen LogP contribution in [0.25, 0.3) is 0 Å². The van der Waals surface area contributed by atoms with Gasteiger partial charge in [0.25, 0.3) is 0 Å². The summed E-state index contributed by atoms with van der Waals surface area (Å²) in [4.78, 5) is 0. The van der Waals surface area contributed by atoms with E-state index in [-0.39, 0.29) is 0 Å². The third-order valence-electron chi connectivity index (χ3n) is 1.63. The quantitative estimate of drug-likeness (QED) is 0.617. The minimum atomic E-state index is 1.08. The molecule has 0 aromatic rings. The Labute approximate surface area is 66.8 Å². The van der Waals surface area contributed by atoms with Crippen LogP contribution in [-0.4, -0.2) is 29.0 Å². The van der Waals surface area contributed by atoms with Gasteiger partial charge in [0.2, 0.25) is 0 Å². The Morgan fingerprint density at radius 2 is 2.20 bits per heavy atom. The molecule has 0 fully saturated rings. The van der Waals surface area contributed by atoms with E-state index in [2.05, 4.69) is 35.5 Å². The standard InChI is InChI=1S/C7H14N2S/c1-3-8(4-2)9-5-6-10-7-9/h5-6H,3-4,7H2,1-2H3. The largest absolute Gasteiger partial charge is 0.302 e. The Hall–Kier alpha value is -0.150. The number of nitrogens with zero attached hydrogens (tertiary/aromatic N) is 2. The maximum absolute atomic E-state index is 2.32. The summed E-state index contributed by atoms with van der Waals surface area (Å²) in [5.41, 5.74) is 0. The second kappa shape index (κ2) is 3.88. The van der Waals surface area contributed by atoms with Gasteiger partial charge in [0.1, 0.15) is 0 Å². The summed E-state index contributed by atoms with van der Waals surface area (Å²) in [6.45, 7) is 6.56. The van der Waals surface area contributed by atoms with Crippen LogP contribution in [0.5, 0.6) is 0 Å². The molecule has 0 saturated carbocycles. The van der Waals surface area contributed by atoms with Crippen LogP contribution in [0.1, 0.15) is 13.8 Å². The van der Waals surface area contributed by atoms with E-state index >= 15 is 0 Å². The fourth-order valence-electron chi connectivity index (χ4n) is 1.04. The van der Waals surface area contributed by atoms with Crippen molar-refractivity contribution < 1.29 is 0 Å². The zero-order valence-corrected chi connectivity index (χ0v) is 7.40. The summed E-state index contributed by atoms with van der Waals surface area (Å²) in [5.74, 6) is 1.08. The Morgan fingerprint density at radius 3 is 2.60 bits per heavy atom. The second-order valence-corrected chi connectivity index (χ2v) is 3.02. The highest BCUT2D eigenvalue weighted by Crippen LogP contribution is 2.16. The number of hydrazine groups is 1. The Balaban J connectivity index is 2.37. The van der Waals surface area contributed by atoms with Gasteiger partial charge in [-0.25, -0.2) is 5.01 Å². The van der Waals surface area contributed by atoms with Crippen molar-refractivity contribution in [2.24, 2.45) is 0 Å². The highest BCUT2D eigenvalue weighted by Gasteiger charge is 2.09. The average Bonchev–Trinajstić information content (AvgIpc) is 2.43. The van der Waals surface area contributed by atoms with E-state index in [9.17, 15) is 0 Å². The van der Waals surface area contributed by atoms with Gasteiger partial charge >= 0.3 is 0 Å². The van der Waals surface area contributed by atoms with Gasteiger partial charge in [0.05, 0.1) is 5.88 Å². The lowest BCUT2D eigenvalue weighted by Crippen LogP contribution is -2.36. The fourth-order valence-corrected chi connectivity index (χ4v) is 1.75.